The van der Waals surface area contributed by atoms with Gasteiger partial charge in [-0.25, -0.2) is 9.78 Å². The summed E-state index contributed by atoms with van der Waals surface area (Å²) in [7, 11) is 0. The number of aryl methyl sites for hydroxylation is 1. The Hall–Kier alpha value is -1.95. The fraction of sp³-hybridized carbons (Fsp3) is 0.474. The summed E-state index contributed by atoms with van der Waals surface area (Å²) in [5.74, 6) is 0.445. The SMILES string of the molecule is CC(C)(C)OC(=O)NCCSCCCn1cc(-c2cccc(C(=O)[O-])n2)cn1.[Li+]. The maximum atomic E-state index is 11.5. The summed E-state index contributed by atoms with van der Waals surface area (Å²) in [6.07, 6.45) is 4.04. The van der Waals surface area contributed by atoms with Crippen LogP contribution in [0.4, 0.5) is 4.79 Å². The van der Waals surface area contributed by atoms with Gasteiger partial charge in [-0.1, -0.05) is 6.07 Å². The van der Waals surface area contributed by atoms with Gasteiger partial charge in [0.05, 0.1) is 23.6 Å². The number of alkyl carbamates (subject to hydrolysis) is 1. The summed E-state index contributed by atoms with van der Waals surface area (Å²) in [6.45, 7) is 6.80. The maximum Gasteiger partial charge on any atom is 1.00 e. The number of thioether (sulfide) groups is 1. The van der Waals surface area contributed by atoms with Gasteiger partial charge < -0.3 is 20.0 Å². The molecule has 0 aromatic carbocycles. The van der Waals surface area contributed by atoms with Gasteiger partial charge >= 0.3 is 25.0 Å². The Bertz CT molecular complexity index is 808. The number of hydrogen-bond donors (Lipinski definition) is 1. The number of carboxylic acid groups (broad SMARTS) is 1. The number of aromatic nitrogens is 3. The molecule has 10 heteroatoms. The van der Waals surface area contributed by atoms with Crippen LogP contribution in [0.15, 0.2) is 30.6 Å². The number of carbonyl (C=O) groups excluding carboxylic acids is 2. The van der Waals surface area contributed by atoms with Gasteiger partial charge in [-0.15, -0.1) is 0 Å². The first-order valence-electron chi connectivity index (χ1n) is 9.00. The number of nitrogens with zero attached hydrogens (tertiary/aromatic N) is 3. The van der Waals surface area contributed by atoms with E-state index in [1.807, 2.05) is 31.6 Å². The number of aromatic carboxylic acids is 1. The Morgan fingerprint density at radius 3 is 2.72 bits per heavy atom. The van der Waals surface area contributed by atoms with E-state index in [2.05, 4.69) is 15.4 Å². The van der Waals surface area contributed by atoms with Crippen molar-refractivity contribution < 1.29 is 38.3 Å². The second kappa shape index (κ2) is 11.9. The van der Waals surface area contributed by atoms with Crippen molar-refractivity contribution in [3.63, 3.8) is 0 Å². The van der Waals surface area contributed by atoms with E-state index < -0.39 is 17.7 Å². The molecular weight excluding hydrogens is 387 g/mol. The topological polar surface area (TPSA) is 109 Å². The summed E-state index contributed by atoms with van der Waals surface area (Å²) in [6, 6.07) is 4.77. The average molecular weight is 412 g/mol. The molecule has 0 aliphatic heterocycles. The molecule has 0 atom stereocenters. The van der Waals surface area contributed by atoms with Crippen molar-refractivity contribution in [1.82, 2.24) is 20.1 Å². The molecule has 2 aromatic heterocycles. The molecule has 2 rings (SSSR count). The Morgan fingerprint density at radius 1 is 1.28 bits per heavy atom. The summed E-state index contributed by atoms with van der Waals surface area (Å²) >= 11 is 1.74. The molecule has 8 nitrogen and oxygen atoms in total. The van der Waals surface area contributed by atoms with Gasteiger partial charge in [-0.3, -0.25) is 4.68 Å². The smallest absolute Gasteiger partial charge is 0.543 e. The molecule has 0 unspecified atom stereocenters. The van der Waals surface area contributed by atoms with Crippen LogP contribution >= 0.6 is 11.8 Å². The zero-order chi connectivity index (χ0) is 20.6. The number of carboxylic acids is 1. The van der Waals surface area contributed by atoms with Gasteiger partial charge in [-0.2, -0.15) is 16.9 Å². The molecule has 29 heavy (non-hydrogen) atoms. The minimum atomic E-state index is -1.30. The van der Waals surface area contributed by atoms with E-state index in [-0.39, 0.29) is 24.6 Å². The molecule has 152 valence electrons. The van der Waals surface area contributed by atoms with E-state index in [1.54, 1.807) is 30.1 Å². The second-order valence-corrected chi connectivity index (χ2v) is 8.31. The Kier molecular flexibility index (Phi) is 10.3. The maximum absolute atomic E-state index is 11.5. The molecule has 0 bridgehead atoms. The molecule has 1 N–H and O–H groups in total. The molecule has 2 aromatic rings. The van der Waals surface area contributed by atoms with Gasteiger partial charge in [-0.05, 0) is 45.1 Å². The number of rotatable bonds is 9. The average Bonchev–Trinajstić information content (AvgIpc) is 3.08. The monoisotopic (exact) mass is 412 g/mol. The third-order valence-corrected chi connectivity index (χ3v) is 4.55. The number of nitrogens with one attached hydrogen (secondary N) is 1. The minimum absolute atomic E-state index is 0. The molecule has 0 aliphatic carbocycles. The third-order valence-electron chi connectivity index (χ3n) is 3.48. The number of ether oxygens (including phenoxy) is 1. The van der Waals surface area contributed by atoms with E-state index in [4.69, 9.17) is 4.74 Å². The van der Waals surface area contributed by atoms with Crippen molar-refractivity contribution in [2.45, 2.75) is 39.3 Å². The standard InChI is InChI=1S/C19H26N4O4S.Li/c1-19(2,3)27-18(26)20-8-11-28-10-5-9-23-13-14(12-21-23)15-6-4-7-16(22-15)17(24)25;/h4,6-7,12-13H,5,8-11H2,1-3H3,(H,20,26)(H,24,25);/q;+1/p-1. The van der Waals surface area contributed by atoms with Crippen LogP contribution in [-0.2, 0) is 11.3 Å². The fourth-order valence-electron chi connectivity index (χ4n) is 2.30. The first-order chi connectivity index (χ1) is 13.2. The first-order valence-corrected chi connectivity index (χ1v) is 10.2. The fourth-order valence-corrected chi connectivity index (χ4v) is 3.08. The number of pyridine rings is 1. The largest absolute Gasteiger partial charge is 1.00 e. The van der Waals surface area contributed by atoms with Crippen molar-refractivity contribution in [3.8, 4) is 11.3 Å². The van der Waals surface area contributed by atoms with Crippen LogP contribution in [0.25, 0.3) is 11.3 Å². The van der Waals surface area contributed by atoms with Crippen LogP contribution in [0.1, 0.15) is 37.7 Å². The summed E-state index contributed by atoms with van der Waals surface area (Å²) in [5, 5.41) is 17.9. The summed E-state index contributed by atoms with van der Waals surface area (Å²) in [4.78, 5) is 26.5. The third kappa shape index (κ3) is 9.39. The summed E-state index contributed by atoms with van der Waals surface area (Å²) < 4.78 is 6.98. The van der Waals surface area contributed by atoms with Crippen molar-refractivity contribution in [2.24, 2.45) is 0 Å². The Labute approximate surface area is 187 Å². The zero-order valence-corrected chi connectivity index (χ0v) is 18.1. The van der Waals surface area contributed by atoms with E-state index in [9.17, 15) is 14.7 Å². The van der Waals surface area contributed by atoms with Crippen LogP contribution in [0, 0.1) is 0 Å². The second-order valence-electron chi connectivity index (χ2n) is 7.08. The number of carbonyl (C=O) groups is 2. The summed E-state index contributed by atoms with van der Waals surface area (Å²) in [5.41, 5.74) is 0.732. The molecular formula is C19H25LiN4O4S. The van der Waals surface area contributed by atoms with Gasteiger partial charge in [0.15, 0.2) is 0 Å². The molecule has 0 fully saturated rings. The van der Waals surface area contributed by atoms with E-state index >= 15 is 0 Å². The minimum Gasteiger partial charge on any atom is -0.543 e. The zero-order valence-electron chi connectivity index (χ0n) is 17.3. The van der Waals surface area contributed by atoms with Gasteiger partial charge in [0, 0.05) is 30.6 Å². The van der Waals surface area contributed by atoms with Crippen LogP contribution < -0.4 is 29.3 Å². The Morgan fingerprint density at radius 2 is 2.03 bits per heavy atom. The van der Waals surface area contributed by atoms with Crippen LogP contribution in [0.2, 0.25) is 0 Å². The Balaban J connectivity index is 0.00000420. The van der Waals surface area contributed by atoms with Crippen molar-refractivity contribution >= 4 is 23.8 Å². The quantitative estimate of drug-likeness (QED) is 0.414. The molecule has 0 saturated carbocycles. The van der Waals surface area contributed by atoms with Crippen LogP contribution in [-0.4, -0.2) is 50.5 Å². The predicted molar refractivity (Wildman–Crippen MR) is 106 cm³/mol. The molecule has 0 saturated heterocycles. The van der Waals surface area contributed by atoms with Gasteiger partial charge in [0.1, 0.15) is 5.60 Å². The van der Waals surface area contributed by atoms with Crippen LogP contribution in [0.3, 0.4) is 0 Å². The van der Waals surface area contributed by atoms with E-state index in [1.165, 1.54) is 6.07 Å². The number of hydrogen-bond acceptors (Lipinski definition) is 7. The van der Waals surface area contributed by atoms with Gasteiger partial charge in [0.25, 0.3) is 0 Å². The number of amides is 1. The van der Waals surface area contributed by atoms with Crippen LogP contribution in [0.5, 0.6) is 0 Å². The molecule has 0 aliphatic rings. The van der Waals surface area contributed by atoms with Crippen molar-refractivity contribution in [3.05, 3.63) is 36.3 Å². The molecule has 0 radical (unpaired) electrons. The molecule has 1 amide bonds. The normalized spacial score (nSPS) is 10.9. The van der Waals surface area contributed by atoms with E-state index in [0.717, 1.165) is 30.0 Å². The van der Waals surface area contributed by atoms with Crippen molar-refractivity contribution in [2.75, 3.05) is 18.1 Å². The molecule has 2 heterocycles. The first kappa shape index (κ1) is 25.1. The van der Waals surface area contributed by atoms with E-state index in [0.29, 0.717) is 12.2 Å². The van der Waals surface area contributed by atoms with Crippen molar-refractivity contribution in [1.29, 1.82) is 0 Å². The molecule has 0 spiro atoms. The van der Waals surface area contributed by atoms with Gasteiger partial charge in [0.2, 0.25) is 0 Å². The predicted octanol–water partition coefficient (Wildman–Crippen LogP) is -1.04.